The van der Waals surface area contributed by atoms with E-state index in [-0.39, 0.29) is 11.7 Å². The highest BCUT2D eigenvalue weighted by Crippen LogP contribution is 2.22. The van der Waals surface area contributed by atoms with Crippen molar-refractivity contribution in [3.05, 3.63) is 23.3 Å². The van der Waals surface area contributed by atoms with Gasteiger partial charge in [0.05, 0.1) is 5.69 Å². The maximum Gasteiger partial charge on any atom is 0.141 e. The summed E-state index contributed by atoms with van der Waals surface area (Å²) in [4.78, 5) is 20.3. The Bertz CT molecular complexity index is 399. The Kier molecular flexibility index (Phi) is 3.32. The average molecular weight is 218 g/mol. The second-order valence-electron chi connectivity index (χ2n) is 4.75. The lowest BCUT2D eigenvalue weighted by Gasteiger charge is -2.17. The Morgan fingerprint density at radius 2 is 2.06 bits per heavy atom. The molecular weight excluding hydrogens is 200 g/mol. The van der Waals surface area contributed by atoms with Crippen molar-refractivity contribution in [1.29, 1.82) is 0 Å². The van der Waals surface area contributed by atoms with E-state index in [0.717, 1.165) is 24.2 Å². The number of hydrogen-bond acceptors (Lipinski definition) is 3. The molecule has 0 N–H and O–H groups in total. The highest BCUT2D eigenvalue weighted by molar-refractivity contribution is 5.82. The SMILES string of the molecule is CC(C)C(=O)Cc1ncnc2c1CCCC2. The summed E-state index contributed by atoms with van der Waals surface area (Å²) >= 11 is 0. The van der Waals surface area contributed by atoms with Crippen molar-refractivity contribution in [2.24, 2.45) is 5.92 Å². The molecule has 16 heavy (non-hydrogen) atoms. The molecule has 0 atom stereocenters. The smallest absolute Gasteiger partial charge is 0.141 e. The number of Topliss-reactive ketones (excluding diaryl/α,β-unsaturated/α-hetero) is 1. The lowest BCUT2D eigenvalue weighted by molar-refractivity contribution is -0.121. The molecule has 1 aromatic heterocycles. The minimum atomic E-state index is 0.0919. The second kappa shape index (κ2) is 4.73. The van der Waals surface area contributed by atoms with Gasteiger partial charge in [-0.15, -0.1) is 0 Å². The fourth-order valence-electron chi connectivity index (χ4n) is 2.11. The van der Waals surface area contributed by atoms with Crippen LogP contribution in [-0.4, -0.2) is 15.8 Å². The summed E-state index contributed by atoms with van der Waals surface area (Å²) in [5.41, 5.74) is 3.36. The summed E-state index contributed by atoms with van der Waals surface area (Å²) in [5, 5.41) is 0. The number of hydrogen-bond donors (Lipinski definition) is 0. The van der Waals surface area contributed by atoms with Gasteiger partial charge in [-0.2, -0.15) is 0 Å². The molecule has 0 spiro atoms. The molecule has 0 saturated carbocycles. The average Bonchev–Trinajstić information content (AvgIpc) is 2.29. The van der Waals surface area contributed by atoms with Crippen molar-refractivity contribution < 1.29 is 4.79 Å². The van der Waals surface area contributed by atoms with E-state index in [1.807, 2.05) is 13.8 Å². The molecule has 0 radical (unpaired) electrons. The van der Waals surface area contributed by atoms with E-state index < -0.39 is 0 Å². The second-order valence-corrected chi connectivity index (χ2v) is 4.75. The number of carbonyl (C=O) groups is 1. The van der Waals surface area contributed by atoms with Crippen molar-refractivity contribution in [3.63, 3.8) is 0 Å². The molecule has 0 saturated heterocycles. The van der Waals surface area contributed by atoms with Crippen LogP contribution in [0.1, 0.15) is 43.6 Å². The van der Waals surface area contributed by atoms with Gasteiger partial charge in [0, 0.05) is 18.0 Å². The molecule has 0 aromatic carbocycles. The largest absolute Gasteiger partial charge is 0.299 e. The van der Waals surface area contributed by atoms with Crippen LogP contribution >= 0.6 is 0 Å². The van der Waals surface area contributed by atoms with Crippen LogP contribution in [0.3, 0.4) is 0 Å². The molecule has 0 fully saturated rings. The van der Waals surface area contributed by atoms with Crippen molar-refractivity contribution in [3.8, 4) is 0 Å². The van der Waals surface area contributed by atoms with E-state index in [4.69, 9.17) is 0 Å². The van der Waals surface area contributed by atoms with E-state index in [1.54, 1.807) is 6.33 Å². The van der Waals surface area contributed by atoms with E-state index in [2.05, 4.69) is 9.97 Å². The Balaban J connectivity index is 2.24. The normalized spacial score (nSPS) is 14.9. The minimum Gasteiger partial charge on any atom is -0.299 e. The van der Waals surface area contributed by atoms with Gasteiger partial charge in [-0.1, -0.05) is 13.8 Å². The minimum absolute atomic E-state index is 0.0919. The number of carbonyl (C=O) groups excluding carboxylic acids is 1. The fourth-order valence-corrected chi connectivity index (χ4v) is 2.11. The van der Waals surface area contributed by atoms with Crippen molar-refractivity contribution in [2.45, 2.75) is 46.0 Å². The summed E-state index contributed by atoms with van der Waals surface area (Å²) in [6.45, 7) is 3.88. The van der Waals surface area contributed by atoms with Gasteiger partial charge in [-0.25, -0.2) is 9.97 Å². The van der Waals surface area contributed by atoms with Crippen LogP contribution in [0.25, 0.3) is 0 Å². The van der Waals surface area contributed by atoms with Crippen LogP contribution in [-0.2, 0) is 24.1 Å². The van der Waals surface area contributed by atoms with E-state index in [1.165, 1.54) is 18.4 Å². The van der Waals surface area contributed by atoms with Gasteiger partial charge in [-0.05, 0) is 31.2 Å². The van der Waals surface area contributed by atoms with Crippen LogP contribution < -0.4 is 0 Å². The molecule has 0 amide bonds. The van der Waals surface area contributed by atoms with E-state index >= 15 is 0 Å². The molecule has 0 bridgehead atoms. The quantitative estimate of drug-likeness (QED) is 0.780. The van der Waals surface area contributed by atoms with Gasteiger partial charge < -0.3 is 0 Å². The van der Waals surface area contributed by atoms with Crippen LogP contribution in [0.4, 0.5) is 0 Å². The van der Waals surface area contributed by atoms with Gasteiger partial charge in [0.25, 0.3) is 0 Å². The van der Waals surface area contributed by atoms with Gasteiger partial charge in [0.1, 0.15) is 12.1 Å². The molecule has 1 aliphatic rings. The van der Waals surface area contributed by atoms with Gasteiger partial charge in [0.2, 0.25) is 0 Å². The maximum atomic E-state index is 11.7. The summed E-state index contributed by atoms with van der Waals surface area (Å²) in [7, 11) is 0. The van der Waals surface area contributed by atoms with E-state index in [9.17, 15) is 4.79 Å². The number of nitrogens with zero attached hydrogens (tertiary/aromatic N) is 2. The van der Waals surface area contributed by atoms with Crippen LogP contribution in [0, 0.1) is 5.92 Å². The number of ketones is 1. The Labute approximate surface area is 96.3 Å². The molecule has 1 aromatic rings. The highest BCUT2D eigenvalue weighted by atomic mass is 16.1. The summed E-state index contributed by atoms with van der Waals surface area (Å²) < 4.78 is 0. The molecule has 86 valence electrons. The van der Waals surface area contributed by atoms with Crippen LogP contribution in [0.15, 0.2) is 6.33 Å². The van der Waals surface area contributed by atoms with Gasteiger partial charge in [-0.3, -0.25) is 4.79 Å². The van der Waals surface area contributed by atoms with Gasteiger partial charge >= 0.3 is 0 Å². The third-order valence-electron chi connectivity index (χ3n) is 3.20. The first-order valence-electron chi connectivity index (χ1n) is 6.03. The molecule has 3 heteroatoms. The Hall–Kier alpha value is -1.25. The fraction of sp³-hybridized carbons (Fsp3) is 0.615. The number of aryl methyl sites for hydroxylation is 1. The summed E-state index contributed by atoms with van der Waals surface area (Å²) in [6.07, 6.45) is 6.57. The zero-order chi connectivity index (χ0) is 11.5. The molecule has 0 aliphatic heterocycles. The molecule has 1 heterocycles. The number of fused-ring (bicyclic) bond motifs is 1. The first-order chi connectivity index (χ1) is 7.68. The van der Waals surface area contributed by atoms with Crippen molar-refractivity contribution in [1.82, 2.24) is 9.97 Å². The Morgan fingerprint density at radius 1 is 1.31 bits per heavy atom. The number of rotatable bonds is 3. The highest BCUT2D eigenvalue weighted by Gasteiger charge is 2.18. The van der Waals surface area contributed by atoms with Crippen LogP contribution in [0.5, 0.6) is 0 Å². The molecular formula is C13H18N2O. The Morgan fingerprint density at radius 3 is 2.81 bits per heavy atom. The molecule has 0 unspecified atom stereocenters. The third-order valence-corrected chi connectivity index (χ3v) is 3.20. The van der Waals surface area contributed by atoms with Crippen molar-refractivity contribution >= 4 is 5.78 Å². The zero-order valence-electron chi connectivity index (χ0n) is 9.99. The predicted octanol–water partition coefficient (Wildman–Crippen LogP) is 2.12. The molecule has 1 aliphatic carbocycles. The summed E-state index contributed by atoms with van der Waals surface area (Å²) in [6, 6.07) is 0. The third kappa shape index (κ3) is 2.29. The first-order valence-corrected chi connectivity index (χ1v) is 6.03. The predicted molar refractivity (Wildman–Crippen MR) is 62.2 cm³/mol. The lowest BCUT2D eigenvalue weighted by Crippen LogP contribution is -2.16. The standard InChI is InChI=1S/C13H18N2O/c1-9(2)13(16)7-12-10-5-3-4-6-11(10)14-8-15-12/h8-9H,3-7H2,1-2H3. The van der Waals surface area contributed by atoms with E-state index in [0.29, 0.717) is 6.42 Å². The zero-order valence-corrected chi connectivity index (χ0v) is 9.99. The summed E-state index contributed by atoms with van der Waals surface area (Å²) in [5.74, 6) is 0.362. The topological polar surface area (TPSA) is 42.9 Å². The first kappa shape index (κ1) is 11.2. The number of aromatic nitrogens is 2. The monoisotopic (exact) mass is 218 g/mol. The molecule has 2 rings (SSSR count). The van der Waals surface area contributed by atoms with Crippen molar-refractivity contribution in [2.75, 3.05) is 0 Å². The van der Waals surface area contributed by atoms with Crippen LogP contribution in [0.2, 0.25) is 0 Å². The van der Waals surface area contributed by atoms with Gasteiger partial charge in [0.15, 0.2) is 0 Å². The maximum absolute atomic E-state index is 11.7. The molecule has 3 nitrogen and oxygen atoms in total. The lowest BCUT2D eigenvalue weighted by atomic mass is 9.92.